The molecule has 0 aromatic heterocycles. The number of nitrogens with zero attached hydrogens (tertiary/aromatic N) is 1. The molecular formula is C25H42N4O6. The standard InChI is InChI=1S/C25H42N4O6/c26-16-11-17(27)24(23(33)20(16)30)35-25-19(28)22(32)21(31)18(34-25)13-29(15-9-5-2-6-10-15)12-14-7-3-1-4-8-14/h1,3-4,7-8,15-25,30-33H,2,5-6,9-13,26-28H2/t16-,17+,18-,19-,20+,21-,22-,23-,24-,25-/m1/s1. The van der Waals surface area contributed by atoms with Crippen molar-refractivity contribution in [3.63, 3.8) is 0 Å². The second kappa shape index (κ2) is 11.9. The van der Waals surface area contributed by atoms with Crippen LogP contribution in [0.15, 0.2) is 30.3 Å². The fraction of sp³-hybridized carbons (Fsp3) is 0.760. The van der Waals surface area contributed by atoms with Crippen molar-refractivity contribution in [2.24, 2.45) is 17.2 Å². The maximum absolute atomic E-state index is 10.9. The molecule has 1 heterocycles. The lowest BCUT2D eigenvalue weighted by Crippen LogP contribution is -2.67. The van der Waals surface area contributed by atoms with Crippen molar-refractivity contribution in [2.45, 2.75) is 112 Å². The lowest BCUT2D eigenvalue weighted by atomic mass is 9.84. The lowest BCUT2D eigenvalue weighted by Gasteiger charge is -2.47. The molecule has 1 aliphatic heterocycles. The molecule has 3 aliphatic rings. The Balaban J connectivity index is 1.48. The summed E-state index contributed by atoms with van der Waals surface area (Å²) in [6.07, 6.45) is -1.91. The molecule has 0 amide bonds. The quantitative estimate of drug-likeness (QED) is 0.242. The topological polar surface area (TPSA) is 181 Å². The van der Waals surface area contributed by atoms with Gasteiger partial charge in [-0.15, -0.1) is 0 Å². The Kier molecular flexibility index (Phi) is 9.14. The summed E-state index contributed by atoms with van der Waals surface area (Å²) < 4.78 is 12.1. The summed E-state index contributed by atoms with van der Waals surface area (Å²) in [5.74, 6) is 0. The van der Waals surface area contributed by atoms with Crippen LogP contribution in [0.4, 0.5) is 0 Å². The van der Waals surface area contributed by atoms with Crippen LogP contribution in [0.25, 0.3) is 0 Å². The highest BCUT2D eigenvalue weighted by Crippen LogP contribution is 2.30. The smallest absolute Gasteiger partial charge is 0.176 e. The third-order valence-corrected chi connectivity index (χ3v) is 7.87. The van der Waals surface area contributed by atoms with E-state index in [0.717, 1.165) is 31.2 Å². The molecule has 10 atom stereocenters. The fourth-order valence-corrected chi connectivity index (χ4v) is 5.69. The van der Waals surface area contributed by atoms with Crippen molar-refractivity contribution in [1.29, 1.82) is 0 Å². The van der Waals surface area contributed by atoms with Gasteiger partial charge in [0.25, 0.3) is 0 Å². The maximum Gasteiger partial charge on any atom is 0.176 e. The van der Waals surface area contributed by atoms with Crippen LogP contribution in [-0.2, 0) is 16.0 Å². The second-order valence-electron chi connectivity index (χ2n) is 10.5. The van der Waals surface area contributed by atoms with Gasteiger partial charge >= 0.3 is 0 Å². The van der Waals surface area contributed by atoms with Crippen molar-refractivity contribution in [3.8, 4) is 0 Å². The number of rotatable bonds is 7. The summed E-state index contributed by atoms with van der Waals surface area (Å²) in [5.41, 5.74) is 19.3. The van der Waals surface area contributed by atoms with Gasteiger partial charge in [0.2, 0.25) is 0 Å². The Morgan fingerprint density at radius 3 is 2.23 bits per heavy atom. The summed E-state index contributed by atoms with van der Waals surface area (Å²) in [4.78, 5) is 2.31. The first-order valence-corrected chi connectivity index (χ1v) is 12.8. The zero-order chi connectivity index (χ0) is 25.1. The van der Waals surface area contributed by atoms with E-state index in [1.165, 1.54) is 6.42 Å². The fourth-order valence-electron chi connectivity index (χ4n) is 5.69. The third-order valence-electron chi connectivity index (χ3n) is 7.87. The largest absolute Gasteiger partial charge is 0.389 e. The van der Waals surface area contributed by atoms with E-state index < -0.39 is 61.0 Å². The van der Waals surface area contributed by atoms with Crippen molar-refractivity contribution in [1.82, 2.24) is 4.90 Å². The molecule has 2 saturated carbocycles. The van der Waals surface area contributed by atoms with Crippen molar-refractivity contribution in [2.75, 3.05) is 6.54 Å². The first-order chi connectivity index (χ1) is 16.8. The van der Waals surface area contributed by atoms with Gasteiger partial charge in [-0.1, -0.05) is 49.6 Å². The minimum Gasteiger partial charge on any atom is -0.389 e. The SMILES string of the molecule is N[C@H]1[C@@H](O[C@H]2[C@H](O)[C@@H](O)[C@H](N)C[C@@H]2N)O[C@H](CN(Cc2ccccc2)C2CCCCC2)[C@@H](O)[C@@H]1O. The van der Waals surface area contributed by atoms with E-state index in [0.29, 0.717) is 19.1 Å². The highest BCUT2D eigenvalue weighted by Gasteiger charge is 2.48. The van der Waals surface area contributed by atoms with Crippen LogP contribution in [0.3, 0.4) is 0 Å². The van der Waals surface area contributed by atoms with Crippen molar-refractivity contribution >= 4 is 0 Å². The highest BCUT2D eigenvalue weighted by molar-refractivity contribution is 5.15. The Labute approximate surface area is 207 Å². The van der Waals surface area contributed by atoms with Crippen LogP contribution in [0.2, 0.25) is 0 Å². The highest BCUT2D eigenvalue weighted by atomic mass is 16.7. The van der Waals surface area contributed by atoms with E-state index in [9.17, 15) is 20.4 Å². The minimum absolute atomic E-state index is 0.256. The monoisotopic (exact) mass is 494 g/mol. The molecule has 0 spiro atoms. The number of benzene rings is 1. The first-order valence-electron chi connectivity index (χ1n) is 12.8. The summed E-state index contributed by atoms with van der Waals surface area (Å²) >= 11 is 0. The number of hydrogen-bond acceptors (Lipinski definition) is 10. The van der Waals surface area contributed by atoms with Crippen LogP contribution in [0, 0.1) is 0 Å². The Bertz CT molecular complexity index is 784. The molecule has 4 rings (SSSR count). The van der Waals surface area contributed by atoms with Gasteiger partial charge in [-0.3, -0.25) is 4.90 Å². The summed E-state index contributed by atoms with van der Waals surface area (Å²) in [7, 11) is 0. The van der Waals surface area contributed by atoms with Gasteiger partial charge in [-0.25, -0.2) is 0 Å². The normalized spacial score (nSPS) is 41.3. The van der Waals surface area contributed by atoms with Gasteiger partial charge in [-0.05, 0) is 24.8 Å². The number of hydrogen-bond donors (Lipinski definition) is 7. The summed E-state index contributed by atoms with van der Waals surface area (Å²) in [5, 5.41) is 42.3. The van der Waals surface area contributed by atoms with Gasteiger partial charge in [0.05, 0.1) is 12.1 Å². The number of ether oxygens (including phenoxy) is 2. The molecular weight excluding hydrogens is 452 g/mol. The first kappa shape index (κ1) is 26.9. The summed E-state index contributed by atoms with van der Waals surface area (Å²) in [6, 6.07) is 8.14. The lowest BCUT2D eigenvalue weighted by molar-refractivity contribution is -0.292. The van der Waals surface area contributed by atoms with Gasteiger partial charge in [0.1, 0.15) is 30.5 Å². The molecule has 1 aromatic rings. The molecule has 0 unspecified atom stereocenters. The van der Waals surface area contributed by atoms with E-state index in [4.69, 9.17) is 26.7 Å². The molecule has 0 bridgehead atoms. The molecule has 3 fully saturated rings. The third kappa shape index (κ3) is 6.22. The van der Waals surface area contributed by atoms with Crippen molar-refractivity contribution in [3.05, 3.63) is 35.9 Å². The molecule has 1 aromatic carbocycles. The number of nitrogens with two attached hydrogens (primary N) is 3. The molecule has 10 N–H and O–H groups in total. The van der Waals surface area contributed by atoms with E-state index in [2.05, 4.69) is 17.0 Å². The van der Waals surface area contributed by atoms with Gasteiger partial charge in [-0.2, -0.15) is 0 Å². The van der Waals surface area contributed by atoms with Crippen LogP contribution in [0.1, 0.15) is 44.1 Å². The Hall–Kier alpha value is -1.18. The average Bonchev–Trinajstić information content (AvgIpc) is 2.87. The van der Waals surface area contributed by atoms with E-state index in [1.807, 2.05) is 18.2 Å². The van der Waals surface area contributed by atoms with Crippen LogP contribution in [0.5, 0.6) is 0 Å². The predicted molar refractivity (Wildman–Crippen MR) is 130 cm³/mol. The maximum atomic E-state index is 10.9. The number of aliphatic hydroxyl groups excluding tert-OH is 4. The van der Waals surface area contributed by atoms with Crippen molar-refractivity contribution < 1.29 is 29.9 Å². The molecule has 35 heavy (non-hydrogen) atoms. The Morgan fingerprint density at radius 2 is 1.54 bits per heavy atom. The Morgan fingerprint density at radius 1 is 0.857 bits per heavy atom. The predicted octanol–water partition coefficient (Wildman–Crippen LogP) is -1.24. The van der Waals surface area contributed by atoms with E-state index in [-0.39, 0.29) is 6.42 Å². The van der Waals surface area contributed by atoms with E-state index in [1.54, 1.807) is 0 Å². The second-order valence-corrected chi connectivity index (χ2v) is 10.5. The molecule has 198 valence electrons. The van der Waals surface area contributed by atoms with Crippen LogP contribution >= 0.6 is 0 Å². The molecule has 10 heteroatoms. The van der Waals surface area contributed by atoms with E-state index >= 15 is 0 Å². The molecule has 10 nitrogen and oxygen atoms in total. The molecule has 2 aliphatic carbocycles. The minimum atomic E-state index is -1.32. The van der Waals surface area contributed by atoms with Gasteiger partial charge < -0.3 is 47.1 Å². The zero-order valence-corrected chi connectivity index (χ0v) is 20.2. The molecule has 1 saturated heterocycles. The summed E-state index contributed by atoms with van der Waals surface area (Å²) in [6.45, 7) is 1.08. The van der Waals surface area contributed by atoms with Gasteiger partial charge in [0.15, 0.2) is 6.29 Å². The molecule has 0 radical (unpaired) electrons. The van der Waals surface area contributed by atoms with Crippen LogP contribution in [-0.4, -0.2) is 99.0 Å². The average molecular weight is 495 g/mol. The number of aliphatic hydroxyl groups is 4. The van der Waals surface area contributed by atoms with Crippen LogP contribution < -0.4 is 17.2 Å². The zero-order valence-electron chi connectivity index (χ0n) is 20.2. The van der Waals surface area contributed by atoms with Gasteiger partial charge in [0, 0.05) is 31.2 Å².